The molecular formula is C20H22N2O5S. The van der Waals surface area contributed by atoms with Gasteiger partial charge < -0.3 is 19.5 Å². The van der Waals surface area contributed by atoms with E-state index in [1.54, 1.807) is 27.9 Å². The van der Waals surface area contributed by atoms with Gasteiger partial charge in [-0.1, -0.05) is 12.1 Å². The van der Waals surface area contributed by atoms with Crippen LogP contribution < -0.4 is 10.1 Å². The molecular weight excluding hydrogens is 380 g/mol. The molecule has 0 saturated carbocycles. The van der Waals surface area contributed by atoms with Crippen molar-refractivity contribution < 1.29 is 23.8 Å². The van der Waals surface area contributed by atoms with Crippen LogP contribution in [0.1, 0.15) is 40.2 Å². The summed E-state index contributed by atoms with van der Waals surface area (Å²) in [6.07, 6.45) is -0.758. The van der Waals surface area contributed by atoms with Crippen LogP contribution in [-0.2, 0) is 20.9 Å². The second kappa shape index (κ2) is 9.88. The Bertz CT molecular complexity index is 900. The lowest BCUT2D eigenvalue weighted by atomic mass is 10.1. The van der Waals surface area contributed by atoms with E-state index in [2.05, 4.69) is 5.32 Å². The van der Waals surface area contributed by atoms with Crippen molar-refractivity contribution >= 4 is 28.2 Å². The van der Waals surface area contributed by atoms with Crippen LogP contribution in [0.4, 0.5) is 5.00 Å². The van der Waals surface area contributed by atoms with Gasteiger partial charge in [-0.2, -0.15) is 5.26 Å². The molecule has 1 amide bonds. The lowest BCUT2D eigenvalue weighted by Crippen LogP contribution is -2.27. The number of nitriles is 1. The fraction of sp³-hybridized carbons (Fsp3) is 0.350. The van der Waals surface area contributed by atoms with Crippen LogP contribution in [0.3, 0.4) is 0 Å². The highest BCUT2D eigenvalue weighted by Crippen LogP contribution is 2.33. The van der Waals surface area contributed by atoms with Crippen LogP contribution in [0, 0.1) is 18.3 Å². The van der Waals surface area contributed by atoms with Crippen LogP contribution in [-0.4, -0.2) is 31.7 Å². The molecule has 0 bridgehead atoms. The van der Waals surface area contributed by atoms with Crippen molar-refractivity contribution in [2.45, 2.75) is 33.5 Å². The molecule has 2 rings (SSSR count). The van der Waals surface area contributed by atoms with Gasteiger partial charge in [-0.15, -0.1) is 11.3 Å². The van der Waals surface area contributed by atoms with E-state index in [1.165, 1.54) is 0 Å². The van der Waals surface area contributed by atoms with Gasteiger partial charge in [-0.25, -0.2) is 4.79 Å². The fourth-order valence-corrected chi connectivity index (χ4v) is 3.45. The van der Waals surface area contributed by atoms with Gasteiger partial charge >= 0.3 is 5.97 Å². The molecule has 8 heteroatoms. The Labute approximate surface area is 167 Å². The van der Waals surface area contributed by atoms with E-state index in [4.69, 9.17) is 14.2 Å². The Morgan fingerprint density at radius 3 is 2.75 bits per heavy atom. The highest BCUT2D eigenvalue weighted by molar-refractivity contribution is 7.18. The molecule has 0 aliphatic rings. The number of hydrogen-bond donors (Lipinski definition) is 1. The van der Waals surface area contributed by atoms with Crippen molar-refractivity contribution in [1.82, 2.24) is 0 Å². The van der Waals surface area contributed by atoms with Crippen molar-refractivity contribution in [1.29, 1.82) is 5.26 Å². The van der Waals surface area contributed by atoms with E-state index in [9.17, 15) is 14.9 Å². The van der Waals surface area contributed by atoms with E-state index >= 15 is 0 Å². The van der Waals surface area contributed by atoms with Crippen molar-refractivity contribution in [3.8, 4) is 11.8 Å². The van der Waals surface area contributed by atoms with Gasteiger partial charge in [0.05, 0.1) is 25.9 Å². The number of methoxy groups -OCH3 is 1. The Balaban J connectivity index is 2.06. The topological polar surface area (TPSA) is 97.7 Å². The number of thiophene rings is 1. The van der Waals surface area contributed by atoms with Gasteiger partial charge in [0.1, 0.15) is 27.8 Å². The molecule has 1 N–H and O–H groups in total. The summed E-state index contributed by atoms with van der Waals surface area (Å²) < 4.78 is 15.8. The Morgan fingerprint density at radius 2 is 2.11 bits per heavy atom. The Morgan fingerprint density at radius 1 is 1.36 bits per heavy atom. The maximum atomic E-state index is 12.5. The minimum absolute atomic E-state index is 0.231. The maximum absolute atomic E-state index is 12.5. The Hall–Kier alpha value is -2.89. The molecule has 0 radical (unpaired) electrons. The quantitative estimate of drug-likeness (QED) is 0.677. The molecule has 0 aliphatic carbocycles. The second-order valence-corrected chi connectivity index (χ2v) is 6.91. The summed E-state index contributed by atoms with van der Waals surface area (Å²) in [5.41, 5.74) is 1.61. The first-order valence-electron chi connectivity index (χ1n) is 8.67. The number of anilines is 1. The van der Waals surface area contributed by atoms with Crippen LogP contribution in [0.2, 0.25) is 0 Å². The summed E-state index contributed by atoms with van der Waals surface area (Å²) in [6, 6.07) is 9.39. The third-order valence-electron chi connectivity index (χ3n) is 3.96. The highest BCUT2D eigenvalue weighted by atomic mass is 32.1. The van der Waals surface area contributed by atoms with Crippen molar-refractivity contribution in [3.63, 3.8) is 0 Å². The molecule has 0 spiro atoms. The first-order chi connectivity index (χ1) is 13.4. The molecule has 28 heavy (non-hydrogen) atoms. The van der Waals surface area contributed by atoms with Gasteiger partial charge in [0.2, 0.25) is 0 Å². The zero-order valence-corrected chi connectivity index (χ0v) is 17.0. The summed E-state index contributed by atoms with van der Waals surface area (Å²) in [4.78, 5) is 24.8. The number of carbonyl (C=O) groups excluding carboxylic acids is 2. The molecule has 0 fully saturated rings. The molecule has 1 heterocycles. The lowest BCUT2D eigenvalue weighted by Gasteiger charge is -2.13. The normalized spacial score (nSPS) is 11.4. The third kappa shape index (κ3) is 5.09. The number of benzene rings is 1. The number of nitrogens with one attached hydrogen (secondary N) is 1. The van der Waals surface area contributed by atoms with E-state index < -0.39 is 18.0 Å². The average molecular weight is 402 g/mol. The second-order valence-electron chi connectivity index (χ2n) is 5.89. The standard InChI is InChI=1S/C20H22N2O5S/c1-5-26-20(24)17-12(2)16(10-21)19(28-17)22-18(23)13(3)27-11-14-7-6-8-15(9-14)25-4/h6-9,13H,5,11H2,1-4H3,(H,22,23). The number of ether oxygens (including phenoxy) is 3. The maximum Gasteiger partial charge on any atom is 0.348 e. The molecule has 1 aromatic carbocycles. The highest BCUT2D eigenvalue weighted by Gasteiger charge is 2.23. The van der Waals surface area contributed by atoms with Crippen LogP contribution in [0.5, 0.6) is 5.75 Å². The van der Waals surface area contributed by atoms with Gasteiger partial charge in [0.25, 0.3) is 5.91 Å². The summed E-state index contributed by atoms with van der Waals surface area (Å²) in [7, 11) is 1.58. The molecule has 1 atom stereocenters. The zero-order valence-electron chi connectivity index (χ0n) is 16.2. The average Bonchev–Trinajstić information content (AvgIpc) is 3.01. The lowest BCUT2D eigenvalue weighted by molar-refractivity contribution is -0.127. The SMILES string of the molecule is CCOC(=O)c1sc(NC(=O)C(C)OCc2cccc(OC)c2)c(C#N)c1C. The summed E-state index contributed by atoms with van der Waals surface area (Å²) in [6.45, 7) is 5.44. The van der Waals surface area contributed by atoms with E-state index in [0.717, 1.165) is 16.9 Å². The number of rotatable bonds is 8. The largest absolute Gasteiger partial charge is 0.497 e. The summed E-state index contributed by atoms with van der Waals surface area (Å²) in [5, 5.41) is 12.4. The van der Waals surface area contributed by atoms with Crippen molar-refractivity contribution in [2.24, 2.45) is 0 Å². The number of esters is 1. The van der Waals surface area contributed by atoms with Gasteiger partial charge in [0.15, 0.2) is 0 Å². The number of hydrogen-bond acceptors (Lipinski definition) is 7. The van der Waals surface area contributed by atoms with Crippen LogP contribution in [0.25, 0.3) is 0 Å². The molecule has 1 aromatic heterocycles. The van der Waals surface area contributed by atoms with Crippen LogP contribution in [0.15, 0.2) is 24.3 Å². The van der Waals surface area contributed by atoms with E-state index in [0.29, 0.717) is 21.2 Å². The third-order valence-corrected chi connectivity index (χ3v) is 5.15. The Kier molecular flexibility index (Phi) is 7.55. The van der Waals surface area contributed by atoms with E-state index in [-0.39, 0.29) is 18.8 Å². The predicted octanol–water partition coefficient (Wildman–Crippen LogP) is 3.66. The molecule has 0 aliphatic heterocycles. The number of nitrogens with zero attached hydrogens (tertiary/aromatic N) is 1. The van der Waals surface area contributed by atoms with Crippen LogP contribution >= 0.6 is 11.3 Å². The van der Waals surface area contributed by atoms with Crippen molar-refractivity contribution in [2.75, 3.05) is 19.0 Å². The molecule has 2 aromatic rings. The fourth-order valence-electron chi connectivity index (χ4n) is 2.40. The monoisotopic (exact) mass is 402 g/mol. The zero-order chi connectivity index (χ0) is 20.7. The van der Waals surface area contributed by atoms with Crippen molar-refractivity contribution in [3.05, 3.63) is 45.8 Å². The summed E-state index contributed by atoms with van der Waals surface area (Å²) >= 11 is 1.02. The van der Waals surface area contributed by atoms with Gasteiger partial charge in [-0.3, -0.25) is 4.79 Å². The van der Waals surface area contributed by atoms with Gasteiger partial charge in [0, 0.05) is 0 Å². The molecule has 1 unspecified atom stereocenters. The minimum Gasteiger partial charge on any atom is -0.497 e. The first-order valence-corrected chi connectivity index (χ1v) is 9.48. The molecule has 0 saturated heterocycles. The molecule has 7 nitrogen and oxygen atoms in total. The van der Waals surface area contributed by atoms with Gasteiger partial charge in [-0.05, 0) is 44.0 Å². The molecule has 148 valence electrons. The smallest absolute Gasteiger partial charge is 0.348 e. The first kappa shape index (κ1) is 21.4. The van der Waals surface area contributed by atoms with E-state index in [1.807, 2.05) is 30.3 Å². The number of carbonyl (C=O) groups is 2. The minimum atomic E-state index is -0.758. The number of amides is 1. The predicted molar refractivity (Wildman–Crippen MR) is 106 cm³/mol. The summed E-state index contributed by atoms with van der Waals surface area (Å²) in [5.74, 6) is -0.210.